The predicted octanol–water partition coefficient (Wildman–Crippen LogP) is 2.98. The van der Waals surface area contributed by atoms with Crippen LogP contribution in [0.1, 0.15) is 37.7 Å². The lowest BCUT2D eigenvalue weighted by Gasteiger charge is -2.29. The molecule has 2 heteroatoms. The Balaban J connectivity index is 2.17. The second kappa shape index (κ2) is 5.15. The number of carbonyl (C=O) groups excluding carboxylic acids is 1. The van der Waals surface area contributed by atoms with Gasteiger partial charge in [-0.1, -0.05) is 19.1 Å². The molecule has 1 heterocycles. The molecule has 0 bridgehead atoms. The van der Waals surface area contributed by atoms with Crippen molar-refractivity contribution in [2.45, 2.75) is 32.1 Å². The lowest BCUT2D eigenvalue weighted by atomic mass is 10.0. The quantitative estimate of drug-likeness (QED) is 0.725. The van der Waals surface area contributed by atoms with E-state index in [2.05, 4.69) is 23.1 Å². The molecule has 0 saturated carbocycles. The first kappa shape index (κ1) is 11.2. The summed E-state index contributed by atoms with van der Waals surface area (Å²) in [5, 5.41) is 0. The zero-order chi connectivity index (χ0) is 11.4. The molecule has 1 unspecified atom stereocenters. The Hall–Kier alpha value is -1.31. The Morgan fingerprint density at radius 3 is 2.69 bits per heavy atom. The van der Waals surface area contributed by atoms with E-state index >= 15 is 0 Å². The molecule has 2 rings (SSSR count). The molecule has 1 aromatic carbocycles. The van der Waals surface area contributed by atoms with Crippen molar-refractivity contribution in [3.05, 3.63) is 29.8 Å². The summed E-state index contributed by atoms with van der Waals surface area (Å²) in [4.78, 5) is 13.2. The Labute approximate surface area is 97.3 Å². The number of rotatable bonds is 3. The number of hydrogen-bond acceptors (Lipinski definition) is 2. The molecule has 1 atom stereocenters. The molecule has 86 valence electrons. The standard InChI is InChI=1S/C14H19NO/c1-12(11-16)13-6-5-7-14(10-13)15-8-3-2-4-9-15/h5-7,10-12H,2-4,8-9H2,1H3. The van der Waals surface area contributed by atoms with Gasteiger partial charge in [-0.3, -0.25) is 0 Å². The normalized spacial score (nSPS) is 18.2. The molecule has 1 fully saturated rings. The first-order valence-electron chi connectivity index (χ1n) is 6.11. The number of piperidine rings is 1. The minimum atomic E-state index is 0.00439. The summed E-state index contributed by atoms with van der Waals surface area (Å²) in [6.07, 6.45) is 4.93. The Morgan fingerprint density at radius 2 is 2.00 bits per heavy atom. The summed E-state index contributed by atoms with van der Waals surface area (Å²) in [5.74, 6) is 0.00439. The molecule has 1 aromatic rings. The fraction of sp³-hybridized carbons (Fsp3) is 0.500. The highest BCUT2D eigenvalue weighted by atomic mass is 16.1. The van der Waals surface area contributed by atoms with Gasteiger partial charge < -0.3 is 9.69 Å². The van der Waals surface area contributed by atoms with Crippen molar-refractivity contribution in [3.63, 3.8) is 0 Å². The molecule has 16 heavy (non-hydrogen) atoms. The van der Waals surface area contributed by atoms with Crippen LogP contribution in [0.4, 0.5) is 5.69 Å². The van der Waals surface area contributed by atoms with Crippen LogP contribution in [-0.4, -0.2) is 19.4 Å². The van der Waals surface area contributed by atoms with E-state index < -0.39 is 0 Å². The highest BCUT2D eigenvalue weighted by Crippen LogP contribution is 2.23. The van der Waals surface area contributed by atoms with Crippen molar-refractivity contribution >= 4 is 12.0 Å². The van der Waals surface area contributed by atoms with E-state index in [1.165, 1.54) is 24.9 Å². The van der Waals surface area contributed by atoms with Crippen LogP contribution >= 0.6 is 0 Å². The average Bonchev–Trinajstić information content (AvgIpc) is 2.39. The van der Waals surface area contributed by atoms with Gasteiger partial charge >= 0.3 is 0 Å². The molecule has 0 amide bonds. The van der Waals surface area contributed by atoms with Crippen molar-refractivity contribution in [2.75, 3.05) is 18.0 Å². The van der Waals surface area contributed by atoms with E-state index in [0.29, 0.717) is 0 Å². The lowest BCUT2D eigenvalue weighted by Crippen LogP contribution is -2.29. The van der Waals surface area contributed by atoms with E-state index in [0.717, 1.165) is 24.9 Å². The van der Waals surface area contributed by atoms with Crippen LogP contribution in [0.2, 0.25) is 0 Å². The van der Waals surface area contributed by atoms with Crippen molar-refractivity contribution in [1.82, 2.24) is 0 Å². The van der Waals surface area contributed by atoms with Gasteiger partial charge in [0.15, 0.2) is 0 Å². The second-order valence-electron chi connectivity index (χ2n) is 4.57. The minimum absolute atomic E-state index is 0.00439. The summed E-state index contributed by atoms with van der Waals surface area (Å²) in [6, 6.07) is 8.39. The Morgan fingerprint density at radius 1 is 1.25 bits per heavy atom. The monoisotopic (exact) mass is 217 g/mol. The van der Waals surface area contributed by atoms with Crippen molar-refractivity contribution < 1.29 is 4.79 Å². The molecule has 2 nitrogen and oxygen atoms in total. The van der Waals surface area contributed by atoms with Gasteiger partial charge in [0.25, 0.3) is 0 Å². The molecule has 1 aliphatic heterocycles. The molecular weight excluding hydrogens is 198 g/mol. The minimum Gasteiger partial charge on any atom is -0.372 e. The third kappa shape index (κ3) is 2.43. The van der Waals surface area contributed by atoms with E-state index in [-0.39, 0.29) is 5.92 Å². The number of anilines is 1. The number of hydrogen-bond donors (Lipinski definition) is 0. The van der Waals surface area contributed by atoms with Gasteiger partial charge in [0.2, 0.25) is 0 Å². The van der Waals surface area contributed by atoms with E-state index in [9.17, 15) is 4.79 Å². The molecule has 0 spiro atoms. The third-order valence-corrected chi connectivity index (χ3v) is 3.32. The van der Waals surface area contributed by atoms with Gasteiger partial charge in [-0.25, -0.2) is 0 Å². The van der Waals surface area contributed by atoms with Crippen molar-refractivity contribution in [2.24, 2.45) is 0 Å². The molecular formula is C14H19NO. The topological polar surface area (TPSA) is 20.3 Å². The summed E-state index contributed by atoms with van der Waals surface area (Å²) < 4.78 is 0. The van der Waals surface area contributed by atoms with Gasteiger partial charge in [-0.2, -0.15) is 0 Å². The number of aldehydes is 1. The predicted molar refractivity (Wildman–Crippen MR) is 67.0 cm³/mol. The van der Waals surface area contributed by atoms with Crippen LogP contribution in [0.5, 0.6) is 0 Å². The summed E-state index contributed by atoms with van der Waals surface area (Å²) in [7, 11) is 0. The molecule has 1 saturated heterocycles. The highest BCUT2D eigenvalue weighted by molar-refractivity contribution is 5.63. The smallest absolute Gasteiger partial charge is 0.127 e. The van der Waals surface area contributed by atoms with Gasteiger partial charge in [-0.05, 0) is 37.0 Å². The zero-order valence-corrected chi connectivity index (χ0v) is 9.86. The average molecular weight is 217 g/mol. The zero-order valence-electron chi connectivity index (χ0n) is 9.86. The van der Waals surface area contributed by atoms with E-state index in [1.54, 1.807) is 0 Å². The first-order valence-corrected chi connectivity index (χ1v) is 6.11. The van der Waals surface area contributed by atoms with Gasteiger partial charge in [0.05, 0.1) is 0 Å². The van der Waals surface area contributed by atoms with Crippen LogP contribution < -0.4 is 4.90 Å². The Bertz CT molecular complexity index is 356. The molecule has 0 radical (unpaired) electrons. The third-order valence-electron chi connectivity index (χ3n) is 3.32. The molecule has 1 aliphatic rings. The molecule has 0 N–H and O–H groups in total. The Kier molecular flexibility index (Phi) is 3.60. The van der Waals surface area contributed by atoms with Gasteiger partial charge in [0.1, 0.15) is 6.29 Å². The van der Waals surface area contributed by atoms with E-state index in [1.807, 2.05) is 13.0 Å². The van der Waals surface area contributed by atoms with Crippen LogP contribution in [0.3, 0.4) is 0 Å². The van der Waals surface area contributed by atoms with Crippen LogP contribution in [0, 0.1) is 0 Å². The SMILES string of the molecule is CC(C=O)c1cccc(N2CCCCC2)c1. The van der Waals surface area contributed by atoms with Crippen LogP contribution in [0.25, 0.3) is 0 Å². The number of carbonyl (C=O) groups is 1. The molecule has 0 aliphatic carbocycles. The summed E-state index contributed by atoms with van der Waals surface area (Å²) >= 11 is 0. The maximum absolute atomic E-state index is 10.8. The maximum Gasteiger partial charge on any atom is 0.127 e. The lowest BCUT2D eigenvalue weighted by molar-refractivity contribution is -0.108. The van der Waals surface area contributed by atoms with Gasteiger partial charge in [0, 0.05) is 24.7 Å². The largest absolute Gasteiger partial charge is 0.372 e. The summed E-state index contributed by atoms with van der Waals surface area (Å²) in [6.45, 7) is 4.25. The fourth-order valence-corrected chi connectivity index (χ4v) is 2.24. The van der Waals surface area contributed by atoms with Crippen molar-refractivity contribution in [1.29, 1.82) is 0 Å². The van der Waals surface area contributed by atoms with Crippen LogP contribution in [0.15, 0.2) is 24.3 Å². The molecule has 0 aromatic heterocycles. The maximum atomic E-state index is 10.8. The second-order valence-corrected chi connectivity index (χ2v) is 4.57. The number of nitrogens with zero attached hydrogens (tertiary/aromatic N) is 1. The van der Waals surface area contributed by atoms with Gasteiger partial charge in [-0.15, -0.1) is 0 Å². The van der Waals surface area contributed by atoms with E-state index in [4.69, 9.17) is 0 Å². The first-order chi connectivity index (χ1) is 7.81. The highest BCUT2D eigenvalue weighted by Gasteiger charge is 2.12. The number of benzene rings is 1. The summed E-state index contributed by atoms with van der Waals surface area (Å²) in [5.41, 5.74) is 2.39. The fourth-order valence-electron chi connectivity index (χ4n) is 2.24. The van der Waals surface area contributed by atoms with Crippen molar-refractivity contribution in [3.8, 4) is 0 Å². The van der Waals surface area contributed by atoms with Crippen LogP contribution in [-0.2, 0) is 4.79 Å².